The zero-order valence-corrected chi connectivity index (χ0v) is 11.5. The summed E-state index contributed by atoms with van der Waals surface area (Å²) in [5.74, 6) is -2.05. The van der Waals surface area contributed by atoms with Crippen LogP contribution in [0.15, 0.2) is 30.6 Å². The highest BCUT2D eigenvalue weighted by molar-refractivity contribution is 5.93. The van der Waals surface area contributed by atoms with Gasteiger partial charge in [0.25, 0.3) is 5.91 Å². The summed E-state index contributed by atoms with van der Waals surface area (Å²) < 4.78 is 27.7. The number of rotatable bonds is 3. The highest BCUT2D eigenvalue weighted by Gasteiger charge is 2.20. The molecular weight excluding hydrogens is 264 g/mol. The van der Waals surface area contributed by atoms with Crippen LogP contribution in [0.5, 0.6) is 0 Å². The molecule has 1 heterocycles. The van der Waals surface area contributed by atoms with Crippen LogP contribution >= 0.6 is 0 Å². The van der Waals surface area contributed by atoms with Crippen LogP contribution in [-0.4, -0.2) is 27.6 Å². The highest BCUT2D eigenvalue weighted by Crippen LogP contribution is 2.22. The fraction of sp³-hybridized carbons (Fsp3) is 0.286. The fourth-order valence-electron chi connectivity index (χ4n) is 1.91. The topological polar surface area (TPSA) is 38.1 Å². The summed E-state index contributed by atoms with van der Waals surface area (Å²) in [6.45, 7) is 1.75. The van der Waals surface area contributed by atoms with Crippen molar-refractivity contribution in [2.45, 2.75) is 13.0 Å². The van der Waals surface area contributed by atoms with Gasteiger partial charge in [0.2, 0.25) is 0 Å². The number of benzene rings is 1. The van der Waals surface area contributed by atoms with Crippen molar-refractivity contribution < 1.29 is 13.6 Å². The molecule has 0 aliphatic heterocycles. The number of carbonyl (C=O) groups is 1. The zero-order chi connectivity index (χ0) is 14.9. The minimum absolute atomic E-state index is 0.227. The van der Waals surface area contributed by atoms with E-state index in [1.54, 1.807) is 27.2 Å². The predicted octanol–water partition coefficient (Wildman–Crippen LogP) is 2.53. The molecule has 0 aliphatic rings. The summed E-state index contributed by atoms with van der Waals surface area (Å²) in [5, 5.41) is 3.94. The molecule has 0 saturated carbocycles. The molecule has 0 fully saturated rings. The molecule has 106 valence electrons. The normalized spacial score (nSPS) is 12.2. The maximum atomic E-state index is 13.2. The molecular formula is C14H15F2N3O. The quantitative estimate of drug-likeness (QED) is 0.866. The van der Waals surface area contributed by atoms with Crippen LogP contribution in [0.1, 0.15) is 28.9 Å². The summed E-state index contributed by atoms with van der Waals surface area (Å²) >= 11 is 0. The molecule has 0 radical (unpaired) electrons. The van der Waals surface area contributed by atoms with E-state index in [0.29, 0.717) is 11.1 Å². The SMILES string of the molecule is CC(c1ccc(F)c(F)c1)N(C)C(=O)c1cnn(C)c1. The third kappa shape index (κ3) is 2.68. The Kier molecular flexibility index (Phi) is 3.83. The lowest BCUT2D eigenvalue weighted by Gasteiger charge is -2.25. The van der Waals surface area contributed by atoms with Crippen molar-refractivity contribution in [3.8, 4) is 0 Å². The Balaban J connectivity index is 2.21. The van der Waals surface area contributed by atoms with Gasteiger partial charge in [0, 0.05) is 20.3 Å². The molecule has 1 atom stereocenters. The fourth-order valence-corrected chi connectivity index (χ4v) is 1.91. The molecule has 1 unspecified atom stereocenters. The van der Waals surface area contributed by atoms with Crippen LogP contribution in [0.2, 0.25) is 0 Å². The van der Waals surface area contributed by atoms with Gasteiger partial charge >= 0.3 is 0 Å². The number of halogens is 2. The Morgan fingerprint density at radius 2 is 2.05 bits per heavy atom. The second-order valence-corrected chi connectivity index (χ2v) is 4.67. The third-order valence-electron chi connectivity index (χ3n) is 3.28. The van der Waals surface area contributed by atoms with Crippen LogP contribution < -0.4 is 0 Å². The number of aromatic nitrogens is 2. The molecule has 0 spiro atoms. The smallest absolute Gasteiger partial charge is 0.257 e. The summed E-state index contributed by atoms with van der Waals surface area (Å²) in [4.78, 5) is 13.7. The van der Waals surface area contributed by atoms with Gasteiger partial charge in [-0.25, -0.2) is 8.78 Å². The van der Waals surface area contributed by atoms with Crippen molar-refractivity contribution in [1.82, 2.24) is 14.7 Å². The number of aryl methyl sites for hydroxylation is 1. The van der Waals surface area contributed by atoms with Crippen LogP contribution in [0.4, 0.5) is 8.78 Å². The predicted molar refractivity (Wildman–Crippen MR) is 70.1 cm³/mol. The molecule has 0 N–H and O–H groups in total. The average Bonchev–Trinajstić information content (AvgIpc) is 2.86. The maximum Gasteiger partial charge on any atom is 0.257 e. The van der Waals surface area contributed by atoms with Crippen molar-refractivity contribution in [1.29, 1.82) is 0 Å². The summed E-state index contributed by atoms with van der Waals surface area (Å²) in [7, 11) is 3.33. The summed E-state index contributed by atoms with van der Waals surface area (Å²) in [5.41, 5.74) is 0.980. The van der Waals surface area contributed by atoms with Gasteiger partial charge < -0.3 is 4.90 Å². The zero-order valence-electron chi connectivity index (χ0n) is 11.5. The number of hydrogen-bond acceptors (Lipinski definition) is 2. The Hall–Kier alpha value is -2.24. The number of hydrogen-bond donors (Lipinski definition) is 0. The van der Waals surface area contributed by atoms with E-state index < -0.39 is 11.6 Å². The molecule has 2 rings (SSSR count). The van der Waals surface area contributed by atoms with Gasteiger partial charge in [0.05, 0.1) is 17.8 Å². The maximum absolute atomic E-state index is 13.2. The lowest BCUT2D eigenvalue weighted by molar-refractivity contribution is 0.0742. The van der Waals surface area contributed by atoms with Gasteiger partial charge in [0.1, 0.15) is 0 Å². The number of amides is 1. The van der Waals surface area contributed by atoms with E-state index in [1.807, 2.05) is 0 Å². The molecule has 1 aromatic carbocycles. The van der Waals surface area contributed by atoms with E-state index in [-0.39, 0.29) is 11.9 Å². The largest absolute Gasteiger partial charge is 0.335 e. The molecule has 20 heavy (non-hydrogen) atoms. The second kappa shape index (κ2) is 5.40. The van der Waals surface area contributed by atoms with Crippen LogP contribution in [-0.2, 0) is 7.05 Å². The highest BCUT2D eigenvalue weighted by atomic mass is 19.2. The Morgan fingerprint density at radius 3 is 2.60 bits per heavy atom. The molecule has 0 saturated heterocycles. The Morgan fingerprint density at radius 1 is 1.35 bits per heavy atom. The Bertz CT molecular complexity index is 639. The van der Waals surface area contributed by atoms with Crippen molar-refractivity contribution in [3.63, 3.8) is 0 Å². The van der Waals surface area contributed by atoms with Crippen molar-refractivity contribution in [2.75, 3.05) is 7.05 Å². The molecule has 1 aromatic heterocycles. The van der Waals surface area contributed by atoms with E-state index in [1.165, 1.54) is 21.8 Å². The second-order valence-electron chi connectivity index (χ2n) is 4.67. The molecule has 4 nitrogen and oxygen atoms in total. The Labute approximate surface area is 115 Å². The van der Waals surface area contributed by atoms with Gasteiger partial charge in [-0.3, -0.25) is 9.48 Å². The molecule has 0 bridgehead atoms. The minimum Gasteiger partial charge on any atom is -0.335 e. The van der Waals surface area contributed by atoms with Crippen molar-refractivity contribution in [2.24, 2.45) is 7.05 Å². The lowest BCUT2D eigenvalue weighted by Crippen LogP contribution is -2.29. The summed E-state index contributed by atoms with van der Waals surface area (Å²) in [6, 6.07) is 3.25. The molecule has 2 aromatic rings. The average molecular weight is 279 g/mol. The third-order valence-corrected chi connectivity index (χ3v) is 3.28. The van der Waals surface area contributed by atoms with Crippen LogP contribution in [0.3, 0.4) is 0 Å². The van der Waals surface area contributed by atoms with Gasteiger partial charge in [-0.2, -0.15) is 5.10 Å². The molecule has 6 heteroatoms. The number of carbonyl (C=O) groups excluding carboxylic acids is 1. The van der Waals surface area contributed by atoms with E-state index in [2.05, 4.69) is 5.10 Å². The molecule has 1 amide bonds. The van der Waals surface area contributed by atoms with Crippen LogP contribution in [0.25, 0.3) is 0 Å². The van der Waals surface area contributed by atoms with Gasteiger partial charge in [-0.05, 0) is 24.6 Å². The van der Waals surface area contributed by atoms with Gasteiger partial charge in [-0.1, -0.05) is 6.07 Å². The first kappa shape index (κ1) is 14.2. The van der Waals surface area contributed by atoms with Gasteiger partial charge in [0.15, 0.2) is 11.6 Å². The first-order valence-electron chi connectivity index (χ1n) is 6.11. The minimum atomic E-state index is -0.920. The lowest BCUT2D eigenvalue weighted by atomic mass is 10.1. The first-order chi connectivity index (χ1) is 9.40. The number of nitrogens with zero attached hydrogens (tertiary/aromatic N) is 3. The monoisotopic (exact) mass is 279 g/mol. The van der Waals surface area contributed by atoms with Crippen molar-refractivity contribution >= 4 is 5.91 Å². The van der Waals surface area contributed by atoms with Crippen molar-refractivity contribution in [3.05, 3.63) is 53.4 Å². The molecule has 0 aliphatic carbocycles. The van der Waals surface area contributed by atoms with E-state index in [9.17, 15) is 13.6 Å². The van der Waals surface area contributed by atoms with E-state index in [4.69, 9.17) is 0 Å². The van der Waals surface area contributed by atoms with Crippen LogP contribution in [0, 0.1) is 11.6 Å². The van der Waals surface area contributed by atoms with Gasteiger partial charge in [-0.15, -0.1) is 0 Å². The first-order valence-corrected chi connectivity index (χ1v) is 6.11. The standard InChI is InChI=1S/C14H15F2N3O/c1-9(10-4-5-12(15)13(16)6-10)19(3)14(20)11-7-17-18(2)8-11/h4-9H,1-3H3. The summed E-state index contributed by atoms with van der Waals surface area (Å²) in [6.07, 6.45) is 3.08. The van der Waals surface area contributed by atoms with E-state index >= 15 is 0 Å². The van der Waals surface area contributed by atoms with E-state index in [0.717, 1.165) is 12.1 Å².